The molecule has 0 aromatic heterocycles. The topological polar surface area (TPSA) is 50.8 Å². The van der Waals surface area contributed by atoms with Gasteiger partial charge in [-0.15, -0.1) is 0 Å². The number of nitrogens with zero attached hydrogens (tertiary/aromatic N) is 1. The van der Waals surface area contributed by atoms with E-state index in [4.69, 9.17) is 9.47 Å². The van der Waals surface area contributed by atoms with Crippen molar-refractivity contribution in [2.24, 2.45) is 0 Å². The minimum atomic E-state index is -0.273. The summed E-state index contributed by atoms with van der Waals surface area (Å²) in [6.45, 7) is 6.73. The van der Waals surface area contributed by atoms with Crippen LogP contribution in [-0.4, -0.2) is 43.9 Å². The first kappa shape index (κ1) is 18.6. The fourth-order valence-electron chi connectivity index (χ4n) is 3.14. The Morgan fingerprint density at radius 3 is 2.65 bits per heavy atom. The van der Waals surface area contributed by atoms with Gasteiger partial charge in [0.05, 0.1) is 13.2 Å². The Balaban J connectivity index is 1.76. The fraction of sp³-hybridized carbons (Fsp3) is 0.381. The van der Waals surface area contributed by atoms with Gasteiger partial charge in [0.1, 0.15) is 6.73 Å². The van der Waals surface area contributed by atoms with E-state index >= 15 is 0 Å². The predicted octanol–water partition coefficient (Wildman–Crippen LogP) is 2.80. The van der Waals surface area contributed by atoms with Crippen molar-refractivity contribution in [1.82, 2.24) is 10.2 Å². The number of morpholine rings is 1. The van der Waals surface area contributed by atoms with E-state index in [0.29, 0.717) is 6.54 Å². The van der Waals surface area contributed by atoms with E-state index in [9.17, 15) is 4.79 Å². The van der Waals surface area contributed by atoms with Crippen LogP contribution in [0.5, 0.6) is 0 Å². The Labute approximate surface area is 154 Å². The second-order valence-electron chi connectivity index (χ2n) is 6.45. The van der Waals surface area contributed by atoms with Crippen LogP contribution in [0.25, 0.3) is 11.1 Å². The number of hydrogen-bond acceptors (Lipinski definition) is 5. The van der Waals surface area contributed by atoms with E-state index in [1.165, 1.54) is 29.2 Å². The summed E-state index contributed by atoms with van der Waals surface area (Å²) in [5.74, 6) is -0.273. The van der Waals surface area contributed by atoms with E-state index in [1.54, 1.807) is 0 Å². The van der Waals surface area contributed by atoms with Crippen molar-refractivity contribution in [1.29, 1.82) is 0 Å². The van der Waals surface area contributed by atoms with Gasteiger partial charge in [-0.2, -0.15) is 0 Å². The van der Waals surface area contributed by atoms with Crippen LogP contribution in [0.3, 0.4) is 0 Å². The largest absolute Gasteiger partial charge is 0.450 e. The Kier molecular flexibility index (Phi) is 6.77. The van der Waals surface area contributed by atoms with Crippen LogP contribution in [0.1, 0.15) is 18.1 Å². The van der Waals surface area contributed by atoms with Crippen LogP contribution in [-0.2, 0) is 27.4 Å². The molecule has 2 aromatic carbocycles. The molecule has 0 aliphatic carbocycles. The fourth-order valence-corrected chi connectivity index (χ4v) is 3.14. The van der Waals surface area contributed by atoms with Crippen LogP contribution in [0.15, 0.2) is 48.5 Å². The highest BCUT2D eigenvalue weighted by Crippen LogP contribution is 2.26. The van der Waals surface area contributed by atoms with Gasteiger partial charge in [-0.3, -0.25) is 15.0 Å². The Bertz CT molecular complexity index is 712. The van der Waals surface area contributed by atoms with E-state index in [-0.39, 0.29) is 12.7 Å². The quantitative estimate of drug-likeness (QED) is 0.471. The van der Waals surface area contributed by atoms with E-state index in [1.807, 2.05) is 6.07 Å². The lowest BCUT2D eigenvalue weighted by atomic mass is 9.97. The lowest BCUT2D eigenvalue weighted by molar-refractivity contribution is -0.141. The molecule has 0 radical (unpaired) electrons. The summed E-state index contributed by atoms with van der Waals surface area (Å²) in [6, 6.07) is 17.1. The highest BCUT2D eigenvalue weighted by Gasteiger charge is 2.14. The van der Waals surface area contributed by atoms with Crippen molar-refractivity contribution in [3.8, 4) is 11.1 Å². The normalized spacial score (nSPS) is 15.0. The number of carbonyl (C=O) groups excluding carboxylic acids is 1. The van der Waals surface area contributed by atoms with E-state index in [2.05, 4.69) is 52.7 Å². The summed E-state index contributed by atoms with van der Waals surface area (Å²) < 4.78 is 10.4. The number of esters is 1. The molecule has 0 spiro atoms. The molecule has 3 rings (SSSR count). The summed E-state index contributed by atoms with van der Waals surface area (Å²) in [5.41, 5.74) is 4.99. The number of nitrogens with one attached hydrogen (secondary N) is 1. The summed E-state index contributed by atoms with van der Waals surface area (Å²) in [4.78, 5) is 13.3. The van der Waals surface area contributed by atoms with Crippen molar-refractivity contribution >= 4 is 5.97 Å². The van der Waals surface area contributed by atoms with Gasteiger partial charge in [-0.25, -0.2) is 0 Å². The minimum absolute atomic E-state index is 0.231. The molecule has 0 amide bonds. The van der Waals surface area contributed by atoms with Gasteiger partial charge >= 0.3 is 5.97 Å². The SMILES string of the molecule is CC(=O)OCNCc1ccc(-c2ccccc2)c(CN2CCOCC2)c1. The minimum Gasteiger partial charge on any atom is -0.450 e. The lowest BCUT2D eigenvalue weighted by Crippen LogP contribution is -2.35. The second kappa shape index (κ2) is 9.48. The Hall–Kier alpha value is -2.21. The average molecular weight is 354 g/mol. The van der Waals surface area contributed by atoms with Crippen molar-refractivity contribution in [3.63, 3.8) is 0 Å². The van der Waals surface area contributed by atoms with Gasteiger partial charge in [0.2, 0.25) is 0 Å². The van der Waals surface area contributed by atoms with Crippen LogP contribution in [0.2, 0.25) is 0 Å². The molecular weight excluding hydrogens is 328 g/mol. The molecule has 1 heterocycles. The third-order valence-corrected chi connectivity index (χ3v) is 4.46. The third kappa shape index (κ3) is 5.39. The molecule has 1 saturated heterocycles. The van der Waals surface area contributed by atoms with Crippen LogP contribution < -0.4 is 5.32 Å². The molecule has 5 heteroatoms. The molecule has 1 aliphatic heterocycles. The first-order valence-electron chi connectivity index (χ1n) is 9.04. The van der Waals surface area contributed by atoms with Crippen molar-refractivity contribution in [2.45, 2.75) is 20.0 Å². The molecule has 1 N–H and O–H groups in total. The van der Waals surface area contributed by atoms with Crippen LogP contribution >= 0.6 is 0 Å². The zero-order valence-corrected chi connectivity index (χ0v) is 15.2. The van der Waals surface area contributed by atoms with Gasteiger partial charge in [-0.05, 0) is 22.3 Å². The zero-order valence-electron chi connectivity index (χ0n) is 15.2. The first-order valence-corrected chi connectivity index (χ1v) is 9.04. The highest BCUT2D eigenvalue weighted by molar-refractivity contribution is 5.68. The third-order valence-electron chi connectivity index (χ3n) is 4.46. The Morgan fingerprint density at radius 1 is 1.15 bits per heavy atom. The zero-order chi connectivity index (χ0) is 18.2. The Morgan fingerprint density at radius 2 is 1.92 bits per heavy atom. The molecule has 1 fully saturated rings. The second-order valence-corrected chi connectivity index (χ2v) is 6.45. The van der Waals surface area contributed by atoms with Crippen LogP contribution in [0.4, 0.5) is 0 Å². The smallest absolute Gasteiger partial charge is 0.303 e. The number of ether oxygens (including phenoxy) is 2. The highest BCUT2D eigenvalue weighted by atomic mass is 16.5. The summed E-state index contributed by atoms with van der Waals surface area (Å²) >= 11 is 0. The maximum atomic E-state index is 10.9. The van der Waals surface area contributed by atoms with Gasteiger partial charge in [-0.1, -0.05) is 48.5 Å². The number of hydrogen-bond donors (Lipinski definition) is 1. The summed E-state index contributed by atoms with van der Waals surface area (Å²) in [5, 5.41) is 3.15. The molecule has 1 aliphatic rings. The first-order chi connectivity index (χ1) is 12.7. The van der Waals surface area contributed by atoms with Gasteiger partial charge in [0, 0.05) is 33.1 Å². The molecule has 26 heavy (non-hydrogen) atoms. The molecule has 0 saturated carbocycles. The molecule has 2 aromatic rings. The maximum absolute atomic E-state index is 10.9. The molecule has 0 atom stereocenters. The monoisotopic (exact) mass is 354 g/mol. The van der Waals surface area contributed by atoms with Gasteiger partial charge < -0.3 is 9.47 Å². The predicted molar refractivity (Wildman–Crippen MR) is 101 cm³/mol. The van der Waals surface area contributed by atoms with E-state index < -0.39 is 0 Å². The number of carbonyl (C=O) groups is 1. The van der Waals surface area contributed by atoms with Crippen molar-refractivity contribution in [2.75, 3.05) is 33.0 Å². The maximum Gasteiger partial charge on any atom is 0.303 e. The molecule has 0 bridgehead atoms. The van der Waals surface area contributed by atoms with Gasteiger partial charge in [0.25, 0.3) is 0 Å². The molecule has 5 nitrogen and oxygen atoms in total. The molecular formula is C21H26N2O3. The lowest BCUT2D eigenvalue weighted by Gasteiger charge is -2.27. The number of rotatable bonds is 7. The number of benzene rings is 2. The van der Waals surface area contributed by atoms with Crippen molar-refractivity contribution in [3.05, 3.63) is 59.7 Å². The van der Waals surface area contributed by atoms with Crippen LogP contribution in [0, 0.1) is 0 Å². The van der Waals surface area contributed by atoms with Gasteiger partial charge in [0.15, 0.2) is 0 Å². The molecule has 138 valence electrons. The van der Waals surface area contributed by atoms with E-state index in [0.717, 1.165) is 32.8 Å². The summed E-state index contributed by atoms with van der Waals surface area (Å²) in [7, 11) is 0. The average Bonchev–Trinajstić information content (AvgIpc) is 2.67. The summed E-state index contributed by atoms with van der Waals surface area (Å²) in [6.07, 6.45) is 0. The van der Waals surface area contributed by atoms with Crippen molar-refractivity contribution < 1.29 is 14.3 Å². The standard InChI is InChI=1S/C21H26N2O3/c1-17(24)26-16-22-14-18-7-8-21(19-5-3-2-4-6-19)20(13-18)15-23-9-11-25-12-10-23/h2-8,13,22H,9-12,14-16H2,1H3. The molecule has 0 unspecified atom stereocenters.